The predicted molar refractivity (Wildman–Crippen MR) is 131 cm³/mol. The standard InChI is InChI=1S/C26H30N4O4/c1-16(2)23-27-15-21(20-9-7-6-8-17(20)3)24(29-23)28-22(25(31)32)14-18-10-12-19(13-11-18)34-26(33)30(4)5/h6-13,15-16,22H,14H2,1-5H3,(H,31,32)(H,27,28,29)/t22-/m0/s1. The number of hydrogen-bond acceptors (Lipinski definition) is 6. The Morgan fingerprint density at radius 1 is 1.06 bits per heavy atom. The van der Waals surface area contributed by atoms with Crippen molar-refractivity contribution in [1.82, 2.24) is 14.9 Å². The number of carboxylic acid groups (broad SMARTS) is 1. The molecule has 3 rings (SSSR count). The van der Waals surface area contributed by atoms with E-state index >= 15 is 0 Å². The van der Waals surface area contributed by atoms with Gasteiger partial charge in [-0.25, -0.2) is 19.6 Å². The topological polar surface area (TPSA) is 105 Å². The van der Waals surface area contributed by atoms with E-state index in [4.69, 9.17) is 4.74 Å². The van der Waals surface area contributed by atoms with Crippen LogP contribution >= 0.6 is 0 Å². The lowest BCUT2D eigenvalue weighted by Gasteiger charge is -2.20. The average Bonchev–Trinajstić information content (AvgIpc) is 2.80. The molecule has 0 saturated heterocycles. The number of aromatic nitrogens is 2. The second kappa shape index (κ2) is 10.8. The predicted octanol–water partition coefficient (Wildman–Crippen LogP) is 4.74. The molecule has 8 heteroatoms. The monoisotopic (exact) mass is 462 g/mol. The number of aryl methyl sites for hydroxylation is 1. The van der Waals surface area contributed by atoms with Gasteiger partial charge in [-0.3, -0.25) is 0 Å². The molecule has 0 saturated carbocycles. The third-order valence-corrected chi connectivity index (χ3v) is 5.30. The van der Waals surface area contributed by atoms with Gasteiger partial charge < -0.3 is 20.1 Å². The van der Waals surface area contributed by atoms with Crippen LogP contribution in [0, 0.1) is 6.92 Å². The quantitative estimate of drug-likeness (QED) is 0.498. The summed E-state index contributed by atoms with van der Waals surface area (Å²) in [7, 11) is 3.20. The van der Waals surface area contributed by atoms with Crippen molar-refractivity contribution in [1.29, 1.82) is 0 Å². The maximum atomic E-state index is 12.1. The van der Waals surface area contributed by atoms with Crippen LogP contribution < -0.4 is 10.1 Å². The van der Waals surface area contributed by atoms with E-state index in [-0.39, 0.29) is 12.3 Å². The summed E-state index contributed by atoms with van der Waals surface area (Å²) >= 11 is 0. The fourth-order valence-corrected chi connectivity index (χ4v) is 3.34. The number of nitrogens with zero attached hydrogens (tertiary/aromatic N) is 3. The van der Waals surface area contributed by atoms with Crippen LogP contribution in [-0.4, -0.2) is 52.2 Å². The molecule has 8 nitrogen and oxygen atoms in total. The van der Waals surface area contributed by atoms with Gasteiger partial charge >= 0.3 is 12.1 Å². The van der Waals surface area contributed by atoms with Crippen molar-refractivity contribution < 1.29 is 19.4 Å². The smallest absolute Gasteiger partial charge is 0.414 e. The van der Waals surface area contributed by atoms with Gasteiger partial charge in [-0.1, -0.05) is 50.2 Å². The van der Waals surface area contributed by atoms with E-state index in [2.05, 4.69) is 15.3 Å². The molecule has 3 aromatic rings. The number of carboxylic acids is 1. The van der Waals surface area contributed by atoms with Crippen molar-refractivity contribution >= 4 is 17.9 Å². The number of anilines is 1. The van der Waals surface area contributed by atoms with Gasteiger partial charge in [-0.2, -0.15) is 0 Å². The number of aliphatic carboxylic acids is 1. The van der Waals surface area contributed by atoms with E-state index < -0.39 is 18.1 Å². The zero-order valence-corrected chi connectivity index (χ0v) is 20.1. The number of ether oxygens (including phenoxy) is 1. The number of hydrogen-bond donors (Lipinski definition) is 2. The molecule has 1 heterocycles. The first-order valence-corrected chi connectivity index (χ1v) is 11.1. The molecule has 0 aliphatic carbocycles. The first-order valence-electron chi connectivity index (χ1n) is 11.1. The van der Waals surface area contributed by atoms with E-state index in [1.807, 2.05) is 45.0 Å². The van der Waals surface area contributed by atoms with Crippen molar-refractivity contribution in [3.8, 4) is 16.9 Å². The van der Waals surface area contributed by atoms with Crippen molar-refractivity contribution in [2.24, 2.45) is 0 Å². The maximum Gasteiger partial charge on any atom is 0.414 e. The fraction of sp³-hybridized carbons (Fsp3) is 0.308. The van der Waals surface area contributed by atoms with E-state index in [9.17, 15) is 14.7 Å². The van der Waals surface area contributed by atoms with E-state index in [1.54, 1.807) is 44.6 Å². The Labute approximate surface area is 199 Å². The van der Waals surface area contributed by atoms with Gasteiger partial charge in [0.25, 0.3) is 0 Å². The fourth-order valence-electron chi connectivity index (χ4n) is 3.34. The molecule has 0 unspecified atom stereocenters. The Hall–Kier alpha value is -3.94. The normalized spacial score (nSPS) is 11.7. The number of carbonyl (C=O) groups is 2. The highest BCUT2D eigenvalue weighted by Gasteiger charge is 2.22. The molecule has 0 aliphatic rings. The van der Waals surface area contributed by atoms with Crippen LogP contribution in [-0.2, 0) is 11.2 Å². The maximum absolute atomic E-state index is 12.1. The van der Waals surface area contributed by atoms with Crippen molar-refractivity contribution in [3.63, 3.8) is 0 Å². The van der Waals surface area contributed by atoms with Crippen molar-refractivity contribution in [2.75, 3.05) is 19.4 Å². The Morgan fingerprint density at radius 3 is 2.32 bits per heavy atom. The van der Waals surface area contributed by atoms with Gasteiger partial charge in [0.15, 0.2) is 0 Å². The average molecular weight is 463 g/mol. The van der Waals surface area contributed by atoms with Crippen LogP contribution in [0.25, 0.3) is 11.1 Å². The van der Waals surface area contributed by atoms with Gasteiger partial charge in [0.2, 0.25) is 0 Å². The highest BCUT2D eigenvalue weighted by Crippen LogP contribution is 2.30. The summed E-state index contributed by atoms with van der Waals surface area (Å²) in [4.78, 5) is 34.4. The van der Waals surface area contributed by atoms with Crippen molar-refractivity contribution in [3.05, 3.63) is 71.7 Å². The lowest BCUT2D eigenvalue weighted by atomic mass is 10.0. The third kappa shape index (κ3) is 6.10. The summed E-state index contributed by atoms with van der Waals surface area (Å²) in [6, 6.07) is 13.7. The third-order valence-electron chi connectivity index (χ3n) is 5.30. The molecule has 2 N–H and O–H groups in total. The number of carbonyl (C=O) groups excluding carboxylic acids is 1. The highest BCUT2D eigenvalue weighted by molar-refractivity contribution is 5.82. The molecule has 0 fully saturated rings. The summed E-state index contributed by atoms with van der Waals surface area (Å²) < 4.78 is 5.23. The molecule has 0 bridgehead atoms. The van der Waals surface area contributed by atoms with E-state index in [0.29, 0.717) is 17.4 Å². The molecule has 0 spiro atoms. The zero-order chi connectivity index (χ0) is 24.8. The molecule has 1 atom stereocenters. The zero-order valence-electron chi connectivity index (χ0n) is 20.1. The number of nitrogens with one attached hydrogen (secondary N) is 1. The molecule has 2 aromatic carbocycles. The first kappa shape index (κ1) is 24.7. The molecular weight excluding hydrogens is 432 g/mol. The van der Waals surface area contributed by atoms with E-state index in [0.717, 1.165) is 22.3 Å². The van der Waals surface area contributed by atoms with Crippen LogP contribution in [0.4, 0.5) is 10.6 Å². The van der Waals surface area contributed by atoms with Crippen LogP contribution in [0.1, 0.15) is 36.7 Å². The van der Waals surface area contributed by atoms with Crippen LogP contribution in [0.2, 0.25) is 0 Å². The summed E-state index contributed by atoms with van der Waals surface area (Å²) in [5.74, 6) is 0.602. The highest BCUT2D eigenvalue weighted by atomic mass is 16.6. The van der Waals surface area contributed by atoms with Gasteiger partial charge in [0.05, 0.1) is 0 Å². The number of rotatable bonds is 8. The minimum absolute atomic E-state index is 0.0900. The minimum atomic E-state index is -0.997. The first-order chi connectivity index (χ1) is 16.2. The Bertz CT molecular complexity index is 1160. The van der Waals surface area contributed by atoms with Crippen molar-refractivity contribution in [2.45, 2.75) is 39.2 Å². The Morgan fingerprint density at radius 2 is 1.74 bits per heavy atom. The van der Waals surface area contributed by atoms with Gasteiger partial charge in [-0.15, -0.1) is 0 Å². The lowest BCUT2D eigenvalue weighted by Crippen LogP contribution is -2.32. The summed E-state index contributed by atoms with van der Waals surface area (Å²) in [5.41, 5.74) is 3.51. The molecule has 1 aromatic heterocycles. The Kier molecular flexibility index (Phi) is 7.83. The minimum Gasteiger partial charge on any atom is -0.480 e. The molecule has 0 aliphatic heterocycles. The second-order valence-electron chi connectivity index (χ2n) is 8.61. The second-order valence-corrected chi connectivity index (χ2v) is 8.61. The molecule has 34 heavy (non-hydrogen) atoms. The number of amides is 1. The molecule has 178 valence electrons. The largest absolute Gasteiger partial charge is 0.480 e. The summed E-state index contributed by atoms with van der Waals surface area (Å²) in [6.45, 7) is 5.98. The summed E-state index contributed by atoms with van der Waals surface area (Å²) in [6.07, 6.45) is 1.48. The van der Waals surface area contributed by atoms with Gasteiger partial charge in [0.1, 0.15) is 23.4 Å². The van der Waals surface area contributed by atoms with Gasteiger partial charge in [-0.05, 0) is 35.7 Å². The lowest BCUT2D eigenvalue weighted by molar-refractivity contribution is -0.137. The molecule has 0 radical (unpaired) electrons. The van der Waals surface area contributed by atoms with Crippen LogP contribution in [0.5, 0.6) is 5.75 Å². The SMILES string of the molecule is Cc1ccccc1-c1cnc(C(C)C)nc1N[C@@H](Cc1ccc(OC(=O)N(C)C)cc1)C(=O)O. The summed E-state index contributed by atoms with van der Waals surface area (Å²) in [5, 5.41) is 13.1. The van der Waals surface area contributed by atoms with Crippen LogP contribution in [0.3, 0.4) is 0 Å². The molecule has 1 amide bonds. The van der Waals surface area contributed by atoms with Crippen LogP contribution in [0.15, 0.2) is 54.7 Å². The molecular formula is C26H30N4O4. The Balaban J connectivity index is 1.88. The number of benzene rings is 2. The van der Waals surface area contributed by atoms with E-state index in [1.165, 1.54) is 4.90 Å². The van der Waals surface area contributed by atoms with Gasteiger partial charge in [0, 0.05) is 38.2 Å².